The van der Waals surface area contributed by atoms with Crippen molar-refractivity contribution in [3.8, 4) is 32.0 Å². The van der Waals surface area contributed by atoms with E-state index in [0.717, 1.165) is 85.4 Å². The van der Waals surface area contributed by atoms with Crippen LogP contribution >= 0.6 is 22.7 Å². The Morgan fingerprint density at radius 2 is 1.07 bits per heavy atom. The zero-order valence-corrected chi connectivity index (χ0v) is 34.1. The van der Waals surface area contributed by atoms with Gasteiger partial charge in [-0.1, -0.05) is 127 Å². The molecule has 59 heavy (non-hydrogen) atoms. The normalized spacial score (nSPS) is 16.9. The van der Waals surface area contributed by atoms with Crippen LogP contribution in [0.2, 0.25) is 0 Å². The molecule has 0 spiro atoms. The number of hydrogen-bond donors (Lipinski definition) is 1. The van der Waals surface area contributed by atoms with Crippen molar-refractivity contribution in [1.82, 2.24) is 25.1 Å². The van der Waals surface area contributed by atoms with Crippen LogP contribution in [0.5, 0.6) is 0 Å². The molecule has 0 saturated carbocycles. The Kier molecular flexibility index (Phi) is 11.2. The summed E-state index contributed by atoms with van der Waals surface area (Å²) in [6.45, 7) is 1.38. The van der Waals surface area contributed by atoms with E-state index in [1.165, 1.54) is 0 Å². The number of benzene rings is 5. The number of carbonyl (C=O) groups is 3. The van der Waals surface area contributed by atoms with Gasteiger partial charge in [0.05, 0.1) is 28.3 Å². The van der Waals surface area contributed by atoms with Crippen molar-refractivity contribution in [3.63, 3.8) is 0 Å². The van der Waals surface area contributed by atoms with Gasteiger partial charge in [0, 0.05) is 31.0 Å². The monoisotopic (exact) mass is 813 g/mol. The summed E-state index contributed by atoms with van der Waals surface area (Å²) < 4.78 is 0. The Bertz CT molecular complexity index is 2540. The lowest BCUT2D eigenvalue weighted by atomic mass is 10.0. The molecular weight excluding hydrogens is 771 g/mol. The first-order chi connectivity index (χ1) is 29.0. The fourth-order valence-corrected chi connectivity index (χ4v) is 10.3. The van der Waals surface area contributed by atoms with Crippen LogP contribution in [-0.4, -0.2) is 50.6 Å². The van der Waals surface area contributed by atoms with Gasteiger partial charge in [-0.3, -0.25) is 14.4 Å². The zero-order chi connectivity index (χ0) is 40.1. The quantitative estimate of drug-likeness (QED) is 0.140. The second-order valence-corrected chi connectivity index (χ2v) is 17.2. The van der Waals surface area contributed by atoms with Crippen LogP contribution in [0.1, 0.15) is 75.3 Å². The maximum Gasteiger partial charge on any atom is 0.252 e. The van der Waals surface area contributed by atoms with Gasteiger partial charge in [0.1, 0.15) is 16.1 Å². The highest BCUT2D eigenvalue weighted by Gasteiger charge is 2.37. The molecule has 4 heterocycles. The van der Waals surface area contributed by atoms with Crippen molar-refractivity contribution in [1.29, 1.82) is 0 Å². The average molecular weight is 814 g/mol. The number of aromatic nitrogens is 2. The second kappa shape index (κ2) is 17.3. The maximum atomic E-state index is 14.3. The molecule has 10 heteroatoms. The third-order valence-electron chi connectivity index (χ3n) is 11.3. The summed E-state index contributed by atoms with van der Waals surface area (Å²) >= 11 is 3.30. The van der Waals surface area contributed by atoms with E-state index in [1.54, 1.807) is 34.8 Å². The maximum absolute atomic E-state index is 14.3. The highest BCUT2D eigenvalue weighted by atomic mass is 32.1. The predicted octanol–water partition coefficient (Wildman–Crippen LogP) is 10.3. The van der Waals surface area contributed by atoms with Gasteiger partial charge in [-0.05, 0) is 71.2 Å². The molecule has 8 nitrogen and oxygen atoms in total. The number of rotatable bonds is 11. The summed E-state index contributed by atoms with van der Waals surface area (Å²) in [6.07, 6.45) is 7.88. The number of nitrogens with zero attached hydrogens (tertiary/aromatic N) is 4. The molecule has 3 amide bonds. The second-order valence-electron chi connectivity index (χ2n) is 15.1. The van der Waals surface area contributed by atoms with Crippen molar-refractivity contribution >= 4 is 40.4 Å². The van der Waals surface area contributed by atoms with E-state index in [1.807, 2.05) is 101 Å². The number of carbonyl (C=O) groups excluding carboxylic acids is 3. The largest absolute Gasteiger partial charge is 0.336 e. The van der Waals surface area contributed by atoms with Gasteiger partial charge < -0.3 is 15.1 Å². The third kappa shape index (κ3) is 8.37. The van der Waals surface area contributed by atoms with Crippen LogP contribution in [0.25, 0.3) is 32.0 Å². The van der Waals surface area contributed by atoms with E-state index in [0.29, 0.717) is 18.5 Å². The fraction of sp³-hybridized carbons (Fsp3) is 0.204. The smallest absolute Gasteiger partial charge is 0.252 e. The summed E-state index contributed by atoms with van der Waals surface area (Å²) in [4.78, 5) is 56.4. The molecule has 2 aliphatic heterocycles. The van der Waals surface area contributed by atoms with E-state index in [-0.39, 0.29) is 29.8 Å². The fourth-order valence-electron chi connectivity index (χ4n) is 8.19. The third-order valence-corrected chi connectivity index (χ3v) is 13.6. The van der Waals surface area contributed by atoms with Gasteiger partial charge in [-0.2, -0.15) is 0 Å². The molecule has 0 radical (unpaired) electrons. The summed E-state index contributed by atoms with van der Waals surface area (Å²) in [5, 5.41) is 4.92. The van der Waals surface area contributed by atoms with Gasteiger partial charge in [-0.15, -0.1) is 22.7 Å². The summed E-state index contributed by atoms with van der Waals surface area (Å²) in [5.74, 6) is -0.250. The molecule has 5 aromatic carbocycles. The van der Waals surface area contributed by atoms with Crippen molar-refractivity contribution in [3.05, 3.63) is 179 Å². The van der Waals surface area contributed by atoms with Gasteiger partial charge >= 0.3 is 0 Å². The lowest BCUT2D eigenvalue weighted by Gasteiger charge is -2.28. The molecule has 0 aliphatic carbocycles. The molecule has 2 saturated heterocycles. The lowest BCUT2D eigenvalue weighted by molar-refractivity contribution is -0.134. The molecule has 0 unspecified atom stereocenters. The van der Waals surface area contributed by atoms with E-state index >= 15 is 0 Å². The Labute approximate surface area is 352 Å². The minimum atomic E-state index is -0.810. The summed E-state index contributed by atoms with van der Waals surface area (Å²) in [5.41, 5.74) is 6.72. The molecule has 7 aromatic rings. The molecule has 2 aromatic heterocycles. The number of thiazole rings is 2. The molecule has 9 rings (SSSR count). The van der Waals surface area contributed by atoms with Gasteiger partial charge in [0.15, 0.2) is 0 Å². The molecule has 1 N–H and O–H groups in total. The molecule has 294 valence electrons. The number of likely N-dealkylation sites (tertiary alicyclic amines) is 2. The van der Waals surface area contributed by atoms with Gasteiger partial charge in [0.25, 0.3) is 5.91 Å². The molecular formula is C49H43N5O3S2. The SMILES string of the molecule is O=C(N[C@@H](C(=O)N1CCC[C@H]1c1ncc(-c2ccc(-c3ccc(-c4cnc([C@@H]5CCCN5C(=O)Cc5ccccc5)s4)cc3)cc2)s1)c1ccccc1)c1ccccc1. The highest BCUT2D eigenvalue weighted by molar-refractivity contribution is 7.15. The first-order valence-corrected chi connectivity index (χ1v) is 21.8. The Hall–Kier alpha value is -6.23. The highest BCUT2D eigenvalue weighted by Crippen LogP contribution is 2.40. The minimum absolute atomic E-state index is 0.0309. The van der Waals surface area contributed by atoms with Crippen molar-refractivity contribution in [2.24, 2.45) is 0 Å². The van der Waals surface area contributed by atoms with Gasteiger partial charge in [-0.25, -0.2) is 9.97 Å². The average Bonchev–Trinajstić information content (AvgIpc) is 4.14. The van der Waals surface area contributed by atoms with E-state index < -0.39 is 6.04 Å². The van der Waals surface area contributed by atoms with Gasteiger partial charge in [0.2, 0.25) is 11.8 Å². The number of nitrogens with one attached hydrogen (secondary N) is 1. The Morgan fingerprint density at radius 3 is 1.63 bits per heavy atom. The number of hydrogen-bond acceptors (Lipinski definition) is 7. The molecule has 3 atom stereocenters. The van der Waals surface area contributed by atoms with Crippen molar-refractivity contribution in [2.45, 2.75) is 50.2 Å². The van der Waals surface area contributed by atoms with E-state index in [4.69, 9.17) is 9.97 Å². The lowest BCUT2D eigenvalue weighted by Crippen LogP contribution is -2.42. The van der Waals surface area contributed by atoms with E-state index in [2.05, 4.69) is 53.8 Å². The van der Waals surface area contributed by atoms with E-state index in [9.17, 15) is 14.4 Å². The standard InChI is InChI=1S/C49H43N5O3S2/c55-44(30-33-12-4-1-5-13-33)53-28-10-18-40(53)47-50-31-42(58-47)36-24-20-34(21-25-36)35-22-26-37(27-23-35)43-32-51-48(59-43)41-19-11-29-54(41)49(57)45(38-14-6-2-7-15-38)52-46(56)39-16-8-3-9-17-39/h1-9,12-17,20-27,31-32,40-41,45H,10-11,18-19,28-30H2,(H,52,56)/t40-,41-,45+/m0/s1. The van der Waals surface area contributed by atoms with Crippen LogP contribution in [0.3, 0.4) is 0 Å². The zero-order valence-electron chi connectivity index (χ0n) is 32.4. The molecule has 0 bridgehead atoms. The Morgan fingerprint density at radius 1 is 0.593 bits per heavy atom. The summed E-state index contributed by atoms with van der Waals surface area (Å²) in [6, 6.07) is 44.6. The minimum Gasteiger partial charge on any atom is -0.336 e. The summed E-state index contributed by atoms with van der Waals surface area (Å²) in [7, 11) is 0. The number of amides is 3. The van der Waals surface area contributed by atoms with Crippen molar-refractivity contribution < 1.29 is 14.4 Å². The molecule has 2 fully saturated rings. The van der Waals surface area contributed by atoms with Crippen LogP contribution < -0.4 is 5.32 Å². The van der Waals surface area contributed by atoms with Crippen LogP contribution in [0.4, 0.5) is 0 Å². The van der Waals surface area contributed by atoms with Crippen LogP contribution in [0, 0.1) is 0 Å². The van der Waals surface area contributed by atoms with Crippen LogP contribution in [-0.2, 0) is 16.0 Å². The van der Waals surface area contributed by atoms with Crippen molar-refractivity contribution in [2.75, 3.05) is 13.1 Å². The topological polar surface area (TPSA) is 95.5 Å². The molecule has 2 aliphatic rings. The first-order valence-electron chi connectivity index (χ1n) is 20.2. The Balaban J connectivity index is 0.856. The van der Waals surface area contributed by atoms with Crippen LogP contribution in [0.15, 0.2) is 152 Å². The first kappa shape index (κ1) is 38.3. The predicted molar refractivity (Wildman–Crippen MR) is 235 cm³/mol.